The zero-order chi connectivity index (χ0) is 27.4. The van der Waals surface area contributed by atoms with Crippen LogP contribution >= 0.6 is 11.8 Å². The molecule has 9 N–H and O–H groups in total. The molecule has 1 aromatic rings. The van der Waals surface area contributed by atoms with E-state index in [-0.39, 0.29) is 40.8 Å². The van der Waals surface area contributed by atoms with Gasteiger partial charge in [-0.2, -0.15) is 0 Å². The van der Waals surface area contributed by atoms with Gasteiger partial charge in [0, 0.05) is 23.9 Å². The molecule has 14 nitrogen and oxygen atoms in total. The number of hydrogen-bond donors (Lipinski definition) is 8. The highest BCUT2D eigenvalue weighted by Crippen LogP contribution is 2.41. The van der Waals surface area contributed by atoms with E-state index in [2.05, 4.69) is 20.9 Å². The molecule has 0 aromatic carbocycles. The quantitative estimate of drug-likeness (QED) is 0.156. The number of amides is 2. The number of aromatic nitrogens is 1. The number of fused-ring (bicyclic) bond motifs is 3. The van der Waals surface area contributed by atoms with Gasteiger partial charge in [-0.1, -0.05) is 0 Å². The van der Waals surface area contributed by atoms with Gasteiger partial charge in [0.1, 0.15) is 18.6 Å². The van der Waals surface area contributed by atoms with Gasteiger partial charge in [0.2, 0.25) is 17.6 Å². The molecule has 2 amide bonds. The van der Waals surface area contributed by atoms with E-state index >= 15 is 0 Å². The molecule has 15 heteroatoms. The number of ketones is 2. The summed E-state index contributed by atoms with van der Waals surface area (Å²) < 4.78 is 0. The third-order valence-corrected chi connectivity index (χ3v) is 7.13. The Hall–Kier alpha value is -3.69. The molecule has 3 rings (SSSR count). The molecular formula is C22H27N5O9S. The average Bonchev–Trinajstić information content (AvgIpc) is 3.24. The van der Waals surface area contributed by atoms with Gasteiger partial charge in [-0.25, -0.2) is 0 Å². The average molecular weight is 538 g/mol. The fourth-order valence-electron chi connectivity index (χ4n) is 4.02. The van der Waals surface area contributed by atoms with Gasteiger partial charge in [0.15, 0.2) is 5.76 Å². The van der Waals surface area contributed by atoms with Gasteiger partial charge < -0.3 is 42.0 Å². The first-order chi connectivity index (χ1) is 17.4. The highest BCUT2D eigenvalue weighted by Gasteiger charge is 2.39. The van der Waals surface area contributed by atoms with Gasteiger partial charge >= 0.3 is 11.9 Å². The van der Waals surface area contributed by atoms with Crippen molar-refractivity contribution in [1.82, 2.24) is 20.9 Å². The summed E-state index contributed by atoms with van der Waals surface area (Å²) in [5, 5.41) is 36.0. The number of thioether (sulfide) groups is 1. The molecule has 1 aliphatic carbocycles. The lowest BCUT2D eigenvalue weighted by molar-refractivity contribution is -0.139. The molecular weight excluding hydrogens is 510 g/mol. The molecule has 1 aromatic heterocycles. The van der Waals surface area contributed by atoms with Gasteiger partial charge in [0.25, 0.3) is 5.78 Å². The van der Waals surface area contributed by atoms with E-state index in [4.69, 9.17) is 15.9 Å². The van der Waals surface area contributed by atoms with Crippen LogP contribution < -0.4 is 21.7 Å². The zero-order valence-corrected chi connectivity index (χ0v) is 20.6. The number of H-pyrrole nitrogens is 1. The van der Waals surface area contributed by atoms with Crippen molar-refractivity contribution in [2.24, 2.45) is 5.73 Å². The van der Waals surface area contributed by atoms with Crippen molar-refractivity contribution in [2.75, 3.05) is 18.8 Å². The van der Waals surface area contributed by atoms with Crippen molar-refractivity contribution in [3.05, 3.63) is 28.3 Å². The van der Waals surface area contributed by atoms with Crippen LogP contribution in [-0.4, -0.2) is 86.5 Å². The monoisotopic (exact) mass is 537 g/mol. The number of aliphatic carboxylic acids is 2. The summed E-state index contributed by atoms with van der Waals surface area (Å²) >= 11 is 0.824. The summed E-state index contributed by atoms with van der Waals surface area (Å²) in [4.78, 5) is 75.1. The van der Waals surface area contributed by atoms with E-state index < -0.39 is 59.7 Å². The Morgan fingerprint density at radius 3 is 2.54 bits per heavy atom. The highest BCUT2D eigenvalue weighted by atomic mass is 32.2. The number of aliphatic hydroxyl groups is 1. The Bertz CT molecular complexity index is 1190. The molecule has 3 atom stereocenters. The van der Waals surface area contributed by atoms with Gasteiger partial charge in [-0.15, -0.1) is 11.8 Å². The molecule has 0 saturated heterocycles. The van der Waals surface area contributed by atoms with Crippen LogP contribution in [-0.2, 0) is 30.4 Å². The molecule has 0 fully saturated rings. The lowest BCUT2D eigenvalue weighted by Crippen LogP contribution is -2.49. The minimum Gasteiger partial charge on any atom is -0.503 e. The minimum atomic E-state index is -1.32. The molecule has 0 spiro atoms. The van der Waals surface area contributed by atoms with Crippen LogP contribution in [0.4, 0.5) is 0 Å². The number of aliphatic hydroxyl groups excluding tert-OH is 1. The number of carbonyl (C=O) groups is 6. The number of carbonyl (C=O) groups excluding carboxylic acids is 4. The Morgan fingerprint density at radius 2 is 1.89 bits per heavy atom. The second-order valence-electron chi connectivity index (χ2n) is 8.56. The summed E-state index contributed by atoms with van der Waals surface area (Å²) in [6, 6.07) is -2.75. The molecule has 0 bridgehead atoms. The van der Waals surface area contributed by atoms with Crippen LogP contribution in [0.1, 0.15) is 53.1 Å². The van der Waals surface area contributed by atoms with Crippen LogP contribution in [0.25, 0.3) is 4.91 Å². The fraction of sp³-hybridized carbons (Fsp3) is 0.455. The van der Waals surface area contributed by atoms with Crippen LogP contribution in [0.15, 0.2) is 5.76 Å². The number of hydrogen-bond acceptors (Lipinski definition) is 10. The molecule has 200 valence electrons. The second-order valence-corrected chi connectivity index (χ2v) is 9.59. The third kappa shape index (κ3) is 6.18. The molecule has 1 unspecified atom stereocenters. The molecule has 37 heavy (non-hydrogen) atoms. The summed E-state index contributed by atoms with van der Waals surface area (Å²) in [5.74, 6) is -7.18. The molecule has 2 heterocycles. The minimum absolute atomic E-state index is 0.0133. The molecule has 0 radical (unpaired) electrons. The maximum absolute atomic E-state index is 12.7. The molecule has 1 aliphatic heterocycles. The smallest absolute Gasteiger partial charge is 0.322 e. The van der Waals surface area contributed by atoms with Crippen LogP contribution in [0.3, 0.4) is 0 Å². The predicted octanol–water partition coefficient (Wildman–Crippen LogP) is -1.18. The number of Topliss-reactive ketones (excluding diaryl/α,β-unsaturated/α-hetero) is 2. The second kappa shape index (κ2) is 11.6. The Labute approximate surface area is 214 Å². The molecule has 0 saturated carbocycles. The predicted molar refractivity (Wildman–Crippen MR) is 130 cm³/mol. The number of carboxylic acid groups (broad SMARTS) is 2. The van der Waals surface area contributed by atoms with Gasteiger partial charge in [0.05, 0.1) is 16.2 Å². The van der Waals surface area contributed by atoms with Crippen LogP contribution in [0, 0.1) is 0 Å². The molecule has 2 aliphatic rings. The fourth-order valence-corrected chi connectivity index (χ4v) is 5.11. The first kappa shape index (κ1) is 27.9. The van der Waals surface area contributed by atoms with Crippen molar-refractivity contribution in [3.8, 4) is 0 Å². The van der Waals surface area contributed by atoms with Crippen molar-refractivity contribution in [3.63, 3.8) is 0 Å². The van der Waals surface area contributed by atoms with E-state index in [9.17, 15) is 33.9 Å². The highest BCUT2D eigenvalue weighted by molar-refractivity contribution is 8.08. The lowest BCUT2D eigenvalue weighted by atomic mass is 9.92. The van der Waals surface area contributed by atoms with E-state index in [0.717, 1.165) is 11.8 Å². The Morgan fingerprint density at radius 1 is 1.19 bits per heavy atom. The van der Waals surface area contributed by atoms with E-state index in [1.54, 1.807) is 0 Å². The standard InChI is InChI=1S/C22H27N5O9S/c1-8-15-9(4-5-24-8)14-16(27-15)20(19(33)18(32)17(14)31)37-7-11(21(34)25-6-13(29)30)26-12(28)3-2-10(23)22(35)36/h8,10-11,24,27,33H,2-7,23H2,1H3,(H,25,34)(H,26,28)(H,29,30)(H,35,36)/t8?,10-,11-/m0/s1. The van der Waals surface area contributed by atoms with Crippen molar-refractivity contribution >= 4 is 52.0 Å². The van der Waals surface area contributed by atoms with Gasteiger partial charge in [-0.05, 0) is 31.9 Å². The van der Waals surface area contributed by atoms with Crippen molar-refractivity contribution < 1.29 is 44.1 Å². The summed E-state index contributed by atoms with van der Waals surface area (Å²) in [6.45, 7) is 1.73. The zero-order valence-electron chi connectivity index (χ0n) is 19.8. The maximum atomic E-state index is 12.7. The number of nitrogens with one attached hydrogen (secondary N) is 4. The number of allylic oxidation sites excluding steroid dienone is 1. The van der Waals surface area contributed by atoms with Crippen LogP contribution in [0.5, 0.6) is 0 Å². The summed E-state index contributed by atoms with van der Waals surface area (Å²) in [5.41, 5.74) is 7.16. The lowest BCUT2D eigenvalue weighted by Gasteiger charge is -2.21. The normalized spacial score (nSPS) is 18.5. The number of rotatable bonds is 11. The van der Waals surface area contributed by atoms with Crippen molar-refractivity contribution in [1.29, 1.82) is 0 Å². The summed E-state index contributed by atoms with van der Waals surface area (Å²) in [6.07, 6.45) is -0.0396. The Balaban J connectivity index is 1.83. The van der Waals surface area contributed by atoms with Crippen LogP contribution in [0.2, 0.25) is 0 Å². The topological polar surface area (TPSA) is 241 Å². The SMILES string of the molecule is CC1NCCc2c1[nH]c1c2C(=O)C(=O)C(O)=C1SC[C@H](NC(=O)CC[C@H](N)C(=O)O)C(=O)NCC(=O)O. The third-order valence-electron chi connectivity index (χ3n) is 5.95. The van der Waals surface area contributed by atoms with Crippen molar-refractivity contribution in [2.45, 2.75) is 44.3 Å². The Kier molecular flexibility index (Phi) is 8.73. The number of aromatic amines is 1. The van der Waals surface area contributed by atoms with E-state index in [1.165, 1.54) is 0 Å². The van der Waals surface area contributed by atoms with Gasteiger partial charge in [-0.3, -0.25) is 28.8 Å². The first-order valence-electron chi connectivity index (χ1n) is 11.3. The van der Waals surface area contributed by atoms with E-state index in [0.29, 0.717) is 24.2 Å². The number of carboxylic acids is 2. The number of nitrogens with two attached hydrogens (primary N) is 1. The maximum Gasteiger partial charge on any atom is 0.322 e. The largest absolute Gasteiger partial charge is 0.503 e. The van der Waals surface area contributed by atoms with E-state index in [1.807, 2.05) is 6.92 Å². The first-order valence-corrected chi connectivity index (χ1v) is 12.3. The summed E-state index contributed by atoms with van der Waals surface area (Å²) in [7, 11) is 0.